The second-order valence-corrected chi connectivity index (χ2v) is 5.69. The van der Waals surface area contributed by atoms with Crippen LogP contribution in [0.5, 0.6) is 0 Å². The van der Waals surface area contributed by atoms with E-state index in [-0.39, 0.29) is 23.9 Å². The van der Waals surface area contributed by atoms with Gasteiger partial charge in [-0.25, -0.2) is 4.68 Å². The van der Waals surface area contributed by atoms with Gasteiger partial charge in [0.1, 0.15) is 12.1 Å². The maximum absolute atomic E-state index is 12.3. The number of rotatable bonds is 5. The van der Waals surface area contributed by atoms with Crippen molar-refractivity contribution in [3.05, 3.63) is 70.5 Å². The smallest absolute Gasteiger partial charge is 0.278 e. The molecule has 1 atom stereocenters. The van der Waals surface area contributed by atoms with Crippen molar-refractivity contribution in [1.82, 2.24) is 20.3 Å². The van der Waals surface area contributed by atoms with Crippen molar-refractivity contribution in [2.24, 2.45) is 0 Å². The van der Waals surface area contributed by atoms with Crippen LogP contribution in [0.1, 0.15) is 18.4 Å². The van der Waals surface area contributed by atoms with Crippen LogP contribution in [0.3, 0.4) is 0 Å². The Morgan fingerprint density at radius 3 is 2.62 bits per heavy atom. The van der Waals surface area contributed by atoms with Crippen molar-refractivity contribution in [2.75, 3.05) is 6.54 Å². The van der Waals surface area contributed by atoms with E-state index in [2.05, 4.69) is 15.6 Å². The third kappa shape index (κ3) is 3.48. The van der Waals surface area contributed by atoms with E-state index in [4.69, 9.17) is 0 Å². The fraction of sp³-hybridized carbons (Fsp3) is 0.222. The maximum atomic E-state index is 12.3. The Bertz CT molecular complexity index is 906. The monoisotopic (exact) mass is 322 g/mol. The zero-order chi connectivity index (χ0) is 16.9. The lowest BCUT2D eigenvalue weighted by atomic mass is 10.0. The van der Waals surface area contributed by atoms with E-state index < -0.39 is 0 Å². The number of nitrogens with one attached hydrogen (secondary N) is 1. The summed E-state index contributed by atoms with van der Waals surface area (Å²) >= 11 is 0. The largest absolute Gasteiger partial charge is 0.354 e. The summed E-state index contributed by atoms with van der Waals surface area (Å²) in [4.78, 5) is 24.4. The molecule has 122 valence electrons. The molecule has 6 heteroatoms. The molecule has 1 aromatic heterocycles. The minimum absolute atomic E-state index is 0.141. The molecule has 1 N–H and O–H groups in total. The first kappa shape index (κ1) is 15.9. The van der Waals surface area contributed by atoms with E-state index in [0.717, 1.165) is 10.2 Å². The van der Waals surface area contributed by atoms with Crippen LogP contribution in [0.15, 0.2) is 59.4 Å². The van der Waals surface area contributed by atoms with Gasteiger partial charge in [-0.1, -0.05) is 54.6 Å². The van der Waals surface area contributed by atoms with E-state index >= 15 is 0 Å². The number of nitrogens with zero attached hydrogens (tertiary/aromatic N) is 3. The highest BCUT2D eigenvalue weighted by Crippen LogP contribution is 2.12. The van der Waals surface area contributed by atoms with Crippen molar-refractivity contribution in [2.45, 2.75) is 19.4 Å². The topological polar surface area (TPSA) is 76.9 Å². The van der Waals surface area contributed by atoms with Gasteiger partial charge in [0, 0.05) is 6.54 Å². The molecule has 0 saturated carbocycles. The fourth-order valence-corrected chi connectivity index (χ4v) is 2.49. The molecule has 3 rings (SSSR count). The predicted molar refractivity (Wildman–Crippen MR) is 91.7 cm³/mol. The van der Waals surface area contributed by atoms with Gasteiger partial charge in [0.25, 0.3) is 5.56 Å². The van der Waals surface area contributed by atoms with Crippen molar-refractivity contribution in [1.29, 1.82) is 0 Å². The third-order valence-electron chi connectivity index (χ3n) is 3.90. The highest BCUT2D eigenvalue weighted by Gasteiger charge is 2.11. The molecule has 0 bridgehead atoms. The van der Waals surface area contributed by atoms with Crippen LogP contribution in [-0.2, 0) is 11.3 Å². The van der Waals surface area contributed by atoms with Gasteiger partial charge in [-0.15, -0.1) is 5.10 Å². The molecule has 24 heavy (non-hydrogen) atoms. The molecule has 2 aromatic carbocycles. The molecule has 0 aliphatic heterocycles. The average Bonchev–Trinajstić information content (AvgIpc) is 2.63. The quantitative estimate of drug-likeness (QED) is 0.776. The Balaban J connectivity index is 1.65. The first-order valence-corrected chi connectivity index (χ1v) is 7.79. The number of aromatic nitrogens is 3. The molecule has 6 nitrogen and oxygen atoms in total. The molecular formula is C18H18N4O2. The van der Waals surface area contributed by atoms with Crippen LogP contribution < -0.4 is 10.9 Å². The Kier molecular flexibility index (Phi) is 4.65. The molecule has 0 fully saturated rings. The number of fused-ring (bicyclic) bond motifs is 1. The summed E-state index contributed by atoms with van der Waals surface area (Å²) in [7, 11) is 0. The zero-order valence-electron chi connectivity index (χ0n) is 13.3. The summed E-state index contributed by atoms with van der Waals surface area (Å²) in [5, 5.41) is 11.1. The molecule has 0 aliphatic carbocycles. The van der Waals surface area contributed by atoms with Crippen molar-refractivity contribution >= 4 is 16.8 Å². The van der Waals surface area contributed by atoms with E-state index in [9.17, 15) is 9.59 Å². The summed E-state index contributed by atoms with van der Waals surface area (Å²) < 4.78 is 1.09. The van der Waals surface area contributed by atoms with Gasteiger partial charge in [-0.05, 0) is 23.6 Å². The number of carbonyl (C=O) groups excluding carboxylic acids is 1. The number of benzene rings is 2. The minimum atomic E-state index is -0.313. The number of hydrogen-bond donors (Lipinski definition) is 1. The van der Waals surface area contributed by atoms with Gasteiger partial charge in [0.05, 0.1) is 5.39 Å². The second kappa shape index (κ2) is 7.04. The summed E-state index contributed by atoms with van der Waals surface area (Å²) in [6.45, 7) is 2.40. The van der Waals surface area contributed by atoms with Crippen molar-refractivity contribution < 1.29 is 4.79 Å². The van der Waals surface area contributed by atoms with Gasteiger partial charge in [-0.2, -0.15) is 0 Å². The molecule has 0 spiro atoms. The fourth-order valence-electron chi connectivity index (χ4n) is 2.49. The van der Waals surface area contributed by atoms with Crippen LogP contribution in [0.2, 0.25) is 0 Å². The van der Waals surface area contributed by atoms with Gasteiger partial charge in [0.2, 0.25) is 5.91 Å². The van der Waals surface area contributed by atoms with E-state index in [1.807, 2.05) is 37.3 Å². The maximum Gasteiger partial charge on any atom is 0.278 e. The lowest BCUT2D eigenvalue weighted by Gasteiger charge is -2.13. The first-order chi connectivity index (χ1) is 11.6. The highest BCUT2D eigenvalue weighted by atomic mass is 16.2. The summed E-state index contributed by atoms with van der Waals surface area (Å²) in [5.74, 6) is -0.0704. The lowest BCUT2D eigenvalue weighted by molar-refractivity contribution is -0.122. The Labute approximate surface area is 139 Å². The van der Waals surface area contributed by atoms with Crippen molar-refractivity contribution in [3.8, 4) is 0 Å². The van der Waals surface area contributed by atoms with E-state index in [1.165, 1.54) is 0 Å². The van der Waals surface area contributed by atoms with Crippen LogP contribution in [-0.4, -0.2) is 27.4 Å². The zero-order valence-corrected chi connectivity index (χ0v) is 13.3. The standard InChI is InChI=1S/C18H18N4O2/c1-13(14-7-3-2-4-8-14)11-19-17(23)12-22-18(24)15-9-5-6-10-16(15)20-21-22/h2-10,13H,11-12H2,1H3,(H,19,23)/t13-/m0/s1. The molecule has 0 unspecified atom stereocenters. The molecule has 3 aromatic rings. The van der Waals surface area contributed by atoms with Crippen LogP contribution in [0, 0.1) is 0 Å². The summed E-state index contributed by atoms with van der Waals surface area (Å²) in [5.41, 5.74) is 1.36. The van der Waals surface area contributed by atoms with Crippen LogP contribution in [0.25, 0.3) is 10.9 Å². The van der Waals surface area contributed by atoms with Crippen LogP contribution >= 0.6 is 0 Å². The molecule has 0 aliphatic rings. The number of carbonyl (C=O) groups is 1. The average molecular weight is 322 g/mol. The third-order valence-corrected chi connectivity index (χ3v) is 3.90. The lowest BCUT2D eigenvalue weighted by Crippen LogP contribution is -2.35. The summed E-state index contributed by atoms with van der Waals surface area (Å²) in [6, 6.07) is 16.9. The molecular weight excluding hydrogens is 304 g/mol. The SMILES string of the molecule is C[C@@H](CNC(=O)Cn1nnc2ccccc2c1=O)c1ccccc1. The Hall–Kier alpha value is -3.02. The van der Waals surface area contributed by atoms with Gasteiger partial charge >= 0.3 is 0 Å². The molecule has 1 heterocycles. The van der Waals surface area contributed by atoms with Crippen molar-refractivity contribution in [3.63, 3.8) is 0 Å². The van der Waals surface area contributed by atoms with Crippen LogP contribution in [0.4, 0.5) is 0 Å². The van der Waals surface area contributed by atoms with Gasteiger partial charge in [-0.3, -0.25) is 9.59 Å². The second-order valence-electron chi connectivity index (χ2n) is 5.69. The van der Waals surface area contributed by atoms with E-state index in [0.29, 0.717) is 17.4 Å². The predicted octanol–water partition coefficient (Wildman–Crippen LogP) is 1.71. The number of amides is 1. The number of hydrogen-bond acceptors (Lipinski definition) is 4. The highest BCUT2D eigenvalue weighted by molar-refractivity contribution is 5.78. The minimum Gasteiger partial charge on any atom is -0.354 e. The molecule has 1 amide bonds. The first-order valence-electron chi connectivity index (χ1n) is 7.79. The van der Waals surface area contributed by atoms with Gasteiger partial charge < -0.3 is 5.32 Å². The summed E-state index contributed by atoms with van der Waals surface area (Å²) in [6.07, 6.45) is 0. The molecule has 0 radical (unpaired) electrons. The van der Waals surface area contributed by atoms with E-state index in [1.54, 1.807) is 24.3 Å². The normalized spacial score (nSPS) is 12.0. The Morgan fingerprint density at radius 2 is 1.83 bits per heavy atom. The molecule has 0 saturated heterocycles. The Morgan fingerprint density at radius 1 is 1.12 bits per heavy atom. The van der Waals surface area contributed by atoms with Gasteiger partial charge in [0.15, 0.2) is 0 Å².